The first-order valence-electron chi connectivity index (χ1n) is 6.71. The first-order valence-corrected chi connectivity index (χ1v) is 6.71. The number of ether oxygens (including phenoxy) is 1. The predicted molar refractivity (Wildman–Crippen MR) is 76.7 cm³/mol. The van der Waals surface area contributed by atoms with Crippen molar-refractivity contribution in [2.45, 2.75) is 32.3 Å². The molecule has 1 saturated heterocycles. The second-order valence-corrected chi connectivity index (χ2v) is 5.65. The third-order valence-electron chi connectivity index (χ3n) is 3.45. The Morgan fingerprint density at radius 3 is 2.74 bits per heavy atom. The maximum absolute atomic E-state index is 12.1. The number of benzene rings is 1. The lowest BCUT2D eigenvalue weighted by atomic mass is 10.00. The van der Waals surface area contributed by atoms with E-state index in [1.54, 1.807) is 4.90 Å². The molecular weight excluding hydrogens is 240 g/mol. The highest BCUT2D eigenvalue weighted by atomic mass is 16.6. The molecule has 1 aliphatic heterocycles. The molecule has 0 radical (unpaired) electrons. The molecule has 0 aromatic heterocycles. The van der Waals surface area contributed by atoms with E-state index in [0.29, 0.717) is 19.0 Å². The summed E-state index contributed by atoms with van der Waals surface area (Å²) in [5.74, 6) is 0.375. The number of nitrogens with zero attached hydrogens (tertiary/aromatic N) is 1. The number of amides is 1. The molecule has 4 heteroatoms. The molecular formula is C15H22N2O2. The van der Waals surface area contributed by atoms with Crippen molar-refractivity contribution >= 4 is 11.8 Å². The van der Waals surface area contributed by atoms with Crippen LogP contribution in [-0.2, 0) is 4.74 Å². The Kier molecular flexibility index (Phi) is 3.80. The molecule has 19 heavy (non-hydrogen) atoms. The molecule has 1 N–H and O–H groups in total. The molecule has 1 atom stereocenters. The Balaban J connectivity index is 2.31. The van der Waals surface area contributed by atoms with Crippen molar-refractivity contribution in [1.29, 1.82) is 0 Å². The molecule has 2 rings (SSSR count). The third kappa shape index (κ3) is 2.73. The van der Waals surface area contributed by atoms with Gasteiger partial charge in [-0.25, -0.2) is 4.79 Å². The van der Waals surface area contributed by atoms with Crippen molar-refractivity contribution in [2.75, 3.05) is 25.0 Å². The average Bonchev–Trinajstić information content (AvgIpc) is 2.65. The van der Waals surface area contributed by atoms with E-state index in [2.05, 4.69) is 25.2 Å². The standard InChI is InChI=1S/C15H22N2O2/c1-11(2)12-7-5-6-8-13(12)17-10-15(3,9-16-4)19-14(17)18/h5-8,11,16H,9-10H2,1-4H3. The van der Waals surface area contributed by atoms with Gasteiger partial charge in [-0.15, -0.1) is 0 Å². The molecule has 1 aromatic carbocycles. The summed E-state index contributed by atoms with van der Waals surface area (Å²) in [6.45, 7) is 7.45. The van der Waals surface area contributed by atoms with Gasteiger partial charge in [-0.05, 0) is 31.5 Å². The van der Waals surface area contributed by atoms with Crippen LogP contribution < -0.4 is 10.2 Å². The summed E-state index contributed by atoms with van der Waals surface area (Å²) >= 11 is 0. The number of nitrogens with one attached hydrogen (secondary N) is 1. The number of hydrogen-bond donors (Lipinski definition) is 1. The monoisotopic (exact) mass is 262 g/mol. The fourth-order valence-electron chi connectivity index (χ4n) is 2.57. The van der Waals surface area contributed by atoms with Gasteiger partial charge in [0.25, 0.3) is 0 Å². The number of likely N-dealkylation sites (N-methyl/N-ethyl adjacent to an activating group) is 1. The van der Waals surface area contributed by atoms with Gasteiger partial charge in [-0.2, -0.15) is 0 Å². The third-order valence-corrected chi connectivity index (χ3v) is 3.45. The summed E-state index contributed by atoms with van der Waals surface area (Å²) in [5.41, 5.74) is 1.67. The van der Waals surface area contributed by atoms with Gasteiger partial charge in [0.1, 0.15) is 5.60 Å². The van der Waals surface area contributed by atoms with Crippen molar-refractivity contribution in [2.24, 2.45) is 0 Å². The minimum atomic E-state index is -0.462. The lowest BCUT2D eigenvalue weighted by Gasteiger charge is -2.22. The summed E-state index contributed by atoms with van der Waals surface area (Å²) in [4.78, 5) is 13.9. The first-order chi connectivity index (χ1) is 8.97. The number of cyclic esters (lactones) is 1. The van der Waals surface area contributed by atoms with E-state index >= 15 is 0 Å². The van der Waals surface area contributed by atoms with Crippen molar-refractivity contribution in [3.8, 4) is 0 Å². The van der Waals surface area contributed by atoms with Crippen molar-refractivity contribution in [3.05, 3.63) is 29.8 Å². The highest BCUT2D eigenvalue weighted by Crippen LogP contribution is 2.33. The van der Waals surface area contributed by atoms with Crippen LogP contribution in [0.2, 0.25) is 0 Å². The lowest BCUT2D eigenvalue weighted by molar-refractivity contribution is 0.0734. The Morgan fingerprint density at radius 1 is 1.42 bits per heavy atom. The van der Waals surface area contributed by atoms with Crippen LogP contribution in [0.25, 0.3) is 0 Å². The van der Waals surface area contributed by atoms with E-state index in [9.17, 15) is 4.79 Å². The van der Waals surface area contributed by atoms with E-state index in [0.717, 1.165) is 5.69 Å². The van der Waals surface area contributed by atoms with Gasteiger partial charge in [0.05, 0.1) is 12.2 Å². The van der Waals surface area contributed by atoms with Crippen LogP contribution in [-0.4, -0.2) is 31.8 Å². The second kappa shape index (κ2) is 5.21. The molecule has 1 aliphatic rings. The van der Waals surface area contributed by atoms with Gasteiger partial charge in [0.15, 0.2) is 0 Å². The van der Waals surface area contributed by atoms with Crippen LogP contribution >= 0.6 is 0 Å². The van der Waals surface area contributed by atoms with Gasteiger partial charge in [-0.1, -0.05) is 32.0 Å². The summed E-state index contributed by atoms with van der Waals surface area (Å²) in [5, 5.41) is 3.08. The minimum absolute atomic E-state index is 0.258. The maximum atomic E-state index is 12.1. The van der Waals surface area contributed by atoms with Crippen molar-refractivity contribution < 1.29 is 9.53 Å². The topological polar surface area (TPSA) is 41.6 Å². The van der Waals surface area contributed by atoms with Crippen molar-refractivity contribution in [3.63, 3.8) is 0 Å². The quantitative estimate of drug-likeness (QED) is 0.907. The normalized spacial score (nSPS) is 23.0. The van der Waals surface area contributed by atoms with E-state index in [-0.39, 0.29) is 6.09 Å². The number of hydrogen-bond acceptors (Lipinski definition) is 3. The zero-order chi connectivity index (χ0) is 14.0. The molecule has 4 nitrogen and oxygen atoms in total. The van der Waals surface area contributed by atoms with E-state index < -0.39 is 5.60 Å². The number of para-hydroxylation sites is 1. The van der Waals surface area contributed by atoms with Crippen LogP contribution in [0.4, 0.5) is 10.5 Å². The molecule has 1 aromatic rings. The first kappa shape index (κ1) is 13.9. The van der Waals surface area contributed by atoms with Crippen molar-refractivity contribution in [1.82, 2.24) is 5.32 Å². The average molecular weight is 262 g/mol. The molecule has 0 saturated carbocycles. The number of carbonyl (C=O) groups is 1. The Bertz CT molecular complexity index is 473. The zero-order valence-electron chi connectivity index (χ0n) is 12.1. The summed E-state index contributed by atoms with van der Waals surface area (Å²) in [7, 11) is 1.86. The molecule has 1 amide bonds. The highest BCUT2D eigenvalue weighted by Gasteiger charge is 2.42. The smallest absolute Gasteiger partial charge is 0.415 e. The zero-order valence-corrected chi connectivity index (χ0v) is 12.1. The SMILES string of the molecule is CNCC1(C)CN(c2ccccc2C(C)C)C(=O)O1. The largest absolute Gasteiger partial charge is 0.440 e. The van der Waals surface area contributed by atoms with Gasteiger partial charge >= 0.3 is 6.09 Å². The van der Waals surface area contributed by atoms with Gasteiger partial charge in [0.2, 0.25) is 0 Å². The second-order valence-electron chi connectivity index (χ2n) is 5.65. The Morgan fingerprint density at radius 2 is 2.11 bits per heavy atom. The summed E-state index contributed by atoms with van der Waals surface area (Å²) < 4.78 is 5.52. The predicted octanol–water partition coefficient (Wildman–Crippen LogP) is 2.74. The summed E-state index contributed by atoms with van der Waals surface area (Å²) in [6.07, 6.45) is -0.258. The molecule has 1 heterocycles. The van der Waals surface area contributed by atoms with Gasteiger partial charge in [-0.3, -0.25) is 4.90 Å². The maximum Gasteiger partial charge on any atom is 0.415 e. The van der Waals surface area contributed by atoms with Crippen LogP contribution in [0, 0.1) is 0 Å². The number of rotatable bonds is 4. The molecule has 104 valence electrons. The van der Waals surface area contributed by atoms with Gasteiger partial charge < -0.3 is 10.1 Å². The van der Waals surface area contributed by atoms with Crippen LogP contribution in [0.5, 0.6) is 0 Å². The fourth-order valence-corrected chi connectivity index (χ4v) is 2.57. The van der Waals surface area contributed by atoms with Gasteiger partial charge in [0, 0.05) is 6.54 Å². The molecule has 1 fully saturated rings. The van der Waals surface area contributed by atoms with E-state index in [4.69, 9.17) is 4.74 Å². The van der Waals surface area contributed by atoms with Crippen LogP contribution in [0.15, 0.2) is 24.3 Å². The fraction of sp³-hybridized carbons (Fsp3) is 0.533. The minimum Gasteiger partial charge on any atom is -0.440 e. The molecule has 0 aliphatic carbocycles. The van der Waals surface area contributed by atoms with Crippen LogP contribution in [0.1, 0.15) is 32.3 Å². The highest BCUT2D eigenvalue weighted by molar-refractivity contribution is 5.91. The molecule has 1 unspecified atom stereocenters. The Hall–Kier alpha value is -1.55. The van der Waals surface area contributed by atoms with E-state index in [1.807, 2.05) is 32.2 Å². The van der Waals surface area contributed by atoms with Crippen LogP contribution in [0.3, 0.4) is 0 Å². The summed E-state index contributed by atoms with van der Waals surface area (Å²) in [6, 6.07) is 8.03. The van der Waals surface area contributed by atoms with E-state index in [1.165, 1.54) is 5.56 Å². The lowest BCUT2D eigenvalue weighted by Crippen LogP contribution is -2.40. The molecule has 0 bridgehead atoms. The Labute approximate surface area is 114 Å². The molecule has 0 spiro atoms. The number of anilines is 1. The number of carbonyl (C=O) groups excluding carboxylic acids is 1.